The maximum atomic E-state index is 5.93. The molecule has 3 heteroatoms. The maximum absolute atomic E-state index is 5.93. The zero-order chi connectivity index (χ0) is 12.1. The Morgan fingerprint density at radius 1 is 1.35 bits per heavy atom. The van der Waals surface area contributed by atoms with E-state index in [2.05, 4.69) is 22.1 Å². The summed E-state index contributed by atoms with van der Waals surface area (Å²) >= 11 is 5.93. The van der Waals surface area contributed by atoms with Crippen molar-refractivity contribution in [2.24, 2.45) is 0 Å². The van der Waals surface area contributed by atoms with Crippen LogP contribution in [0.2, 0.25) is 5.02 Å². The zero-order valence-electron chi connectivity index (χ0n) is 9.63. The predicted molar refractivity (Wildman–Crippen MR) is 72.2 cm³/mol. The number of hydrogen-bond acceptors (Lipinski definition) is 2. The van der Waals surface area contributed by atoms with Crippen LogP contribution >= 0.6 is 11.6 Å². The average Bonchev–Trinajstić information content (AvgIpc) is 2.34. The second-order valence-corrected chi connectivity index (χ2v) is 4.11. The van der Waals surface area contributed by atoms with Gasteiger partial charge in [0.2, 0.25) is 0 Å². The molecule has 0 aliphatic carbocycles. The number of fused-ring (bicyclic) bond motifs is 1. The molecule has 0 atom stereocenters. The number of benzene rings is 1. The van der Waals surface area contributed by atoms with Gasteiger partial charge in [-0.25, -0.2) is 0 Å². The molecule has 1 heterocycles. The van der Waals surface area contributed by atoms with Crippen molar-refractivity contribution < 1.29 is 0 Å². The summed E-state index contributed by atoms with van der Waals surface area (Å²) in [6.45, 7) is 0.905. The summed E-state index contributed by atoms with van der Waals surface area (Å²) in [7, 11) is 1.92. The lowest BCUT2D eigenvalue weighted by Crippen LogP contribution is -2.05. The van der Waals surface area contributed by atoms with Gasteiger partial charge < -0.3 is 5.32 Å². The highest BCUT2D eigenvalue weighted by Gasteiger charge is 1.99. The number of pyridine rings is 1. The highest BCUT2D eigenvalue weighted by atomic mass is 35.5. The van der Waals surface area contributed by atoms with Crippen molar-refractivity contribution >= 4 is 22.5 Å². The second-order valence-electron chi connectivity index (χ2n) is 3.68. The minimum absolute atomic E-state index is 0.699. The molecule has 17 heavy (non-hydrogen) atoms. The first-order valence-electron chi connectivity index (χ1n) is 5.49. The molecule has 0 spiro atoms. The van der Waals surface area contributed by atoms with Crippen molar-refractivity contribution in [1.29, 1.82) is 0 Å². The van der Waals surface area contributed by atoms with Crippen molar-refractivity contribution in [1.82, 2.24) is 10.3 Å². The Kier molecular flexibility index (Phi) is 3.98. The summed E-state index contributed by atoms with van der Waals surface area (Å²) in [5.41, 5.74) is 1.89. The summed E-state index contributed by atoms with van der Waals surface area (Å²) in [5.74, 6) is 6.30. The molecule has 86 valence electrons. The van der Waals surface area contributed by atoms with Crippen LogP contribution in [-0.4, -0.2) is 18.6 Å². The Hall–Kier alpha value is -1.56. The summed E-state index contributed by atoms with van der Waals surface area (Å²) < 4.78 is 0. The first-order valence-corrected chi connectivity index (χ1v) is 5.87. The zero-order valence-corrected chi connectivity index (χ0v) is 10.4. The van der Waals surface area contributed by atoms with E-state index in [1.165, 1.54) is 0 Å². The van der Waals surface area contributed by atoms with Crippen LogP contribution in [0, 0.1) is 11.8 Å². The van der Waals surface area contributed by atoms with Crippen LogP contribution in [0.15, 0.2) is 30.5 Å². The molecule has 0 saturated carbocycles. The Morgan fingerprint density at radius 2 is 2.24 bits per heavy atom. The number of hydrogen-bond donors (Lipinski definition) is 1. The number of nitrogens with one attached hydrogen (secondary N) is 1. The van der Waals surface area contributed by atoms with Crippen molar-refractivity contribution in [2.75, 3.05) is 13.6 Å². The standard InChI is InChI=1S/C14H13ClN2/c1-16-8-3-2-4-11-7-9-17-14-10-12(15)5-6-13(11)14/h5-7,9-10,16H,3,8H2,1H3. The fourth-order valence-corrected chi connectivity index (χ4v) is 1.74. The SMILES string of the molecule is CNCCC#Cc1ccnc2cc(Cl)ccc12. The molecule has 2 rings (SSSR count). The summed E-state index contributed by atoms with van der Waals surface area (Å²) in [4.78, 5) is 4.28. The van der Waals surface area contributed by atoms with Crippen LogP contribution in [0.4, 0.5) is 0 Å². The monoisotopic (exact) mass is 244 g/mol. The number of rotatable bonds is 2. The lowest BCUT2D eigenvalue weighted by Gasteiger charge is -2.00. The van der Waals surface area contributed by atoms with E-state index in [1.807, 2.05) is 31.3 Å². The molecule has 0 amide bonds. The highest BCUT2D eigenvalue weighted by Crippen LogP contribution is 2.19. The molecule has 2 aromatic rings. The normalized spacial score (nSPS) is 10.0. The van der Waals surface area contributed by atoms with Gasteiger partial charge in [0.1, 0.15) is 0 Å². The van der Waals surface area contributed by atoms with Crippen molar-refractivity contribution in [3.05, 3.63) is 41.0 Å². The third-order valence-electron chi connectivity index (χ3n) is 2.43. The van der Waals surface area contributed by atoms with Crippen LogP contribution in [0.5, 0.6) is 0 Å². The minimum atomic E-state index is 0.699. The molecule has 1 aromatic heterocycles. The van der Waals surface area contributed by atoms with Crippen LogP contribution < -0.4 is 5.32 Å². The Bertz CT molecular complexity index is 582. The molecule has 0 aliphatic rings. The molecule has 0 bridgehead atoms. The van der Waals surface area contributed by atoms with Crippen LogP contribution in [0.3, 0.4) is 0 Å². The van der Waals surface area contributed by atoms with Gasteiger partial charge in [-0.15, -0.1) is 0 Å². The van der Waals surface area contributed by atoms with Gasteiger partial charge in [-0.2, -0.15) is 0 Å². The van der Waals surface area contributed by atoms with E-state index in [0.29, 0.717) is 5.02 Å². The Labute approximate surface area is 106 Å². The number of halogens is 1. The first-order chi connectivity index (χ1) is 8.31. The predicted octanol–water partition coefficient (Wildman–Crippen LogP) is 2.85. The molecule has 2 nitrogen and oxygen atoms in total. The van der Waals surface area contributed by atoms with Gasteiger partial charge in [-0.3, -0.25) is 4.98 Å². The highest BCUT2D eigenvalue weighted by molar-refractivity contribution is 6.31. The molecule has 0 aliphatic heterocycles. The summed E-state index contributed by atoms with van der Waals surface area (Å²) in [5, 5.41) is 4.82. The van der Waals surface area contributed by atoms with Crippen molar-refractivity contribution in [3.8, 4) is 11.8 Å². The summed E-state index contributed by atoms with van der Waals surface area (Å²) in [6.07, 6.45) is 2.61. The molecule has 1 N–H and O–H groups in total. The largest absolute Gasteiger partial charge is 0.319 e. The molecule has 0 saturated heterocycles. The Balaban J connectivity index is 2.36. The molecule has 0 fully saturated rings. The van der Waals surface area contributed by atoms with E-state index in [4.69, 9.17) is 11.6 Å². The van der Waals surface area contributed by atoms with Gasteiger partial charge in [0.25, 0.3) is 0 Å². The van der Waals surface area contributed by atoms with E-state index in [1.54, 1.807) is 6.20 Å². The van der Waals surface area contributed by atoms with E-state index < -0.39 is 0 Å². The van der Waals surface area contributed by atoms with Gasteiger partial charge in [-0.1, -0.05) is 29.5 Å². The van der Waals surface area contributed by atoms with Gasteiger partial charge in [0, 0.05) is 35.1 Å². The molecular formula is C14H13ClN2. The fourth-order valence-electron chi connectivity index (χ4n) is 1.58. The van der Waals surface area contributed by atoms with Crippen molar-refractivity contribution in [2.45, 2.75) is 6.42 Å². The maximum Gasteiger partial charge on any atom is 0.0729 e. The number of nitrogens with zero attached hydrogens (tertiary/aromatic N) is 1. The Morgan fingerprint density at radius 3 is 3.06 bits per heavy atom. The smallest absolute Gasteiger partial charge is 0.0729 e. The van der Waals surface area contributed by atoms with Crippen LogP contribution in [-0.2, 0) is 0 Å². The van der Waals surface area contributed by atoms with Gasteiger partial charge in [-0.05, 0) is 25.2 Å². The lowest BCUT2D eigenvalue weighted by molar-refractivity contribution is 0.818. The molecule has 1 aromatic carbocycles. The third-order valence-corrected chi connectivity index (χ3v) is 2.66. The van der Waals surface area contributed by atoms with Gasteiger partial charge >= 0.3 is 0 Å². The van der Waals surface area contributed by atoms with Crippen LogP contribution in [0.1, 0.15) is 12.0 Å². The lowest BCUT2D eigenvalue weighted by atomic mass is 10.1. The van der Waals surface area contributed by atoms with E-state index in [-0.39, 0.29) is 0 Å². The van der Waals surface area contributed by atoms with Crippen LogP contribution in [0.25, 0.3) is 10.9 Å². The fraction of sp³-hybridized carbons (Fsp3) is 0.214. The van der Waals surface area contributed by atoms with Gasteiger partial charge in [0.05, 0.1) is 5.52 Å². The first kappa shape index (κ1) is 11.9. The van der Waals surface area contributed by atoms with E-state index in [9.17, 15) is 0 Å². The second kappa shape index (κ2) is 5.67. The summed E-state index contributed by atoms with van der Waals surface area (Å²) in [6, 6.07) is 7.62. The molecular weight excluding hydrogens is 232 g/mol. The van der Waals surface area contributed by atoms with E-state index >= 15 is 0 Å². The topological polar surface area (TPSA) is 24.9 Å². The number of aromatic nitrogens is 1. The molecule has 0 radical (unpaired) electrons. The average molecular weight is 245 g/mol. The van der Waals surface area contributed by atoms with E-state index in [0.717, 1.165) is 29.4 Å². The third kappa shape index (κ3) is 2.97. The quantitative estimate of drug-likeness (QED) is 0.649. The molecule has 0 unspecified atom stereocenters. The minimum Gasteiger partial charge on any atom is -0.319 e. The van der Waals surface area contributed by atoms with Gasteiger partial charge in [0.15, 0.2) is 0 Å². The van der Waals surface area contributed by atoms with Crippen molar-refractivity contribution in [3.63, 3.8) is 0 Å².